The number of aryl methyl sites for hydroxylation is 1. The topological polar surface area (TPSA) is 61.4 Å². The fourth-order valence-corrected chi connectivity index (χ4v) is 2.83. The largest absolute Gasteiger partial charge is 0.405 e. The van der Waals surface area contributed by atoms with Crippen molar-refractivity contribution in [3.8, 4) is 0 Å². The van der Waals surface area contributed by atoms with Gasteiger partial charge in [-0.05, 0) is 49.4 Å². The highest BCUT2D eigenvalue weighted by molar-refractivity contribution is 5.95. The molecule has 1 aromatic carbocycles. The first-order valence-electron chi connectivity index (χ1n) is 8.63. The maximum absolute atomic E-state index is 12.6. The molecule has 144 valence electrons. The van der Waals surface area contributed by atoms with Gasteiger partial charge in [0.25, 0.3) is 5.91 Å². The summed E-state index contributed by atoms with van der Waals surface area (Å²) in [5.74, 6) is -0.130. The summed E-state index contributed by atoms with van der Waals surface area (Å²) in [7, 11) is 0. The van der Waals surface area contributed by atoms with Crippen LogP contribution in [0.15, 0.2) is 18.2 Å². The van der Waals surface area contributed by atoms with Gasteiger partial charge in [0, 0.05) is 24.3 Å². The predicted octanol–water partition coefficient (Wildman–Crippen LogP) is 2.96. The van der Waals surface area contributed by atoms with Crippen molar-refractivity contribution in [3.63, 3.8) is 0 Å². The Bertz CT molecular complexity index is 654. The van der Waals surface area contributed by atoms with Gasteiger partial charge in [-0.3, -0.25) is 9.59 Å². The predicted molar refractivity (Wildman–Crippen MR) is 93.0 cm³/mol. The van der Waals surface area contributed by atoms with Crippen molar-refractivity contribution in [1.29, 1.82) is 0 Å². The Morgan fingerprint density at radius 3 is 2.46 bits per heavy atom. The minimum atomic E-state index is -4.43. The van der Waals surface area contributed by atoms with Gasteiger partial charge in [0.05, 0.1) is 6.54 Å². The summed E-state index contributed by atoms with van der Waals surface area (Å²) in [4.78, 5) is 25.8. The van der Waals surface area contributed by atoms with E-state index in [0.29, 0.717) is 17.2 Å². The number of nitrogens with one attached hydrogen (secondary N) is 2. The van der Waals surface area contributed by atoms with Gasteiger partial charge in [-0.1, -0.05) is 6.92 Å². The molecule has 0 bridgehead atoms. The number of hydrogen-bond donors (Lipinski definition) is 2. The lowest BCUT2D eigenvalue weighted by molar-refractivity contribution is -0.137. The first-order chi connectivity index (χ1) is 12.2. The molecule has 1 fully saturated rings. The lowest BCUT2D eigenvalue weighted by atomic mass is 9.98. The highest BCUT2D eigenvalue weighted by atomic mass is 19.4. The number of benzene rings is 1. The molecule has 2 amide bonds. The van der Waals surface area contributed by atoms with Crippen LogP contribution in [0.2, 0.25) is 0 Å². The lowest BCUT2D eigenvalue weighted by Gasteiger charge is -2.30. The van der Waals surface area contributed by atoms with Crippen LogP contribution in [0.3, 0.4) is 0 Å². The van der Waals surface area contributed by atoms with E-state index >= 15 is 0 Å². The second-order valence-electron chi connectivity index (χ2n) is 6.75. The molecule has 1 heterocycles. The molecule has 5 nitrogen and oxygen atoms in total. The molecule has 1 aliphatic heterocycles. The molecule has 0 unspecified atom stereocenters. The van der Waals surface area contributed by atoms with Crippen molar-refractivity contribution in [2.45, 2.75) is 32.9 Å². The minimum Gasteiger partial charge on any atom is -0.376 e. The number of halogens is 3. The Hall–Kier alpha value is -2.25. The third kappa shape index (κ3) is 5.93. The molecule has 0 radical (unpaired) electrons. The summed E-state index contributed by atoms with van der Waals surface area (Å²) in [6, 6.07) is 5.08. The van der Waals surface area contributed by atoms with Crippen molar-refractivity contribution in [2.75, 3.05) is 31.5 Å². The standard InChI is InChI=1S/C18H24F3N3O2/c1-12-5-7-24(8-6-12)17(26)14-3-4-15(13(2)9-14)22-10-16(25)23-11-18(19,20)21/h3-4,9,12,22H,5-8,10-11H2,1-2H3,(H,23,25). The van der Waals surface area contributed by atoms with Gasteiger partial charge in [0.1, 0.15) is 6.54 Å². The molecule has 0 atom stereocenters. The van der Waals surface area contributed by atoms with Crippen molar-refractivity contribution >= 4 is 17.5 Å². The summed E-state index contributed by atoms with van der Waals surface area (Å²) >= 11 is 0. The Morgan fingerprint density at radius 1 is 1.23 bits per heavy atom. The van der Waals surface area contributed by atoms with E-state index in [1.807, 2.05) is 4.90 Å². The van der Waals surface area contributed by atoms with E-state index < -0.39 is 18.6 Å². The van der Waals surface area contributed by atoms with Gasteiger partial charge >= 0.3 is 6.18 Å². The molecule has 2 N–H and O–H groups in total. The average molecular weight is 371 g/mol. The number of alkyl halides is 3. The molecule has 0 aromatic heterocycles. The molecule has 0 aliphatic carbocycles. The molecule has 1 aliphatic rings. The van der Waals surface area contributed by atoms with Gasteiger partial charge in [-0.25, -0.2) is 0 Å². The summed E-state index contributed by atoms with van der Waals surface area (Å²) in [6.07, 6.45) is -2.44. The van der Waals surface area contributed by atoms with Crippen molar-refractivity contribution in [2.24, 2.45) is 5.92 Å². The Kier molecular flexibility index (Phi) is 6.50. The third-order valence-electron chi connectivity index (χ3n) is 4.47. The van der Waals surface area contributed by atoms with Gasteiger partial charge in [0.2, 0.25) is 5.91 Å². The van der Waals surface area contributed by atoms with E-state index in [1.165, 1.54) is 0 Å². The highest BCUT2D eigenvalue weighted by Gasteiger charge is 2.27. The normalized spacial score (nSPS) is 15.7. The Balaban J connectivity index is 1.90. The van der Waals surface area contributed by atoms with Crippen LogP contribution in [0.25, 0.3) is 0 Å². The summed E-state index contributed by atoms with van der Waals surface area (Å²) in [5, 5.41) is 4.60. The van der Waals surface area contributed by atoms with Gasteiger partial charge in [0.15, 0.2) is 0 Å². The van der Waals surface area contributed by atoms with Crippen molar-refractivity contribution in [1.82, 2.24) is 10.2 Å². The number of anilines is 1. The summed E-state index contributed by atoms with van der Waals surface area (Å²) in [6.45, 7) is 3.84. The number of hydrogen-bond acceptors (Lipinski definition) is 3. The first-order valence-corrected chi connectivity index (χ1v) is 8.63. The number of rotatable bonds is 5. The zero-order valence-corrected chi connectivity index (χ0v) is 14.9. The van der Waals surface area contributed by atoms with Crippen molar-refractivity contribution < 1.29 is 22.8 Å². The molecule has 1 aromatic rings. The van der Waals surface area contributed by atoms with E-state index in [9.17, 15) is 22.8 Å². The average Bonchev–Trinajstić information content (AvgIpc) is 2.58. The van der Waals surface area contributed by atoms with Crippen LogP contribution in [-0.2, 0) is 4.79 Å². The van der Waals surface area contributed by atoms with Crippen molar-refractivity contribution in [3.05, 3.63) is 29.3 Å². The number of piperidine rings is 1. The molecule has 0 spiro atoms. The molecule has 8 heteroatoms. The summed E-state index contributed by atoms with van der Waals surface area (Å²) in [5.41, 5.74) is 1.94. The van der Waals surface area contributed by atoms with E-state index in [4.69, 9.17) is 0 Å². The first kappa shape index (κ1) is 20.1. The Morgan fingerprint density at radius 2 is 1.88 bits per heavy atom. The van der Waals surface area contributed by atoms with Gasteiger partial charge < -0.3 is 15.5 Å². The second-order valence-corrected chi connectivity index (χ2v) is 6.75. The molecule has 2 rings (SSSR count). The maximum Gasteiger partial charge on any atom is 0.405 e. The molecule has 1 saturated heterocycles. The Labute approximate surface area is 150 Å². The smallest absolute Gasteiger partial charge is 0.376 e. The highest BCUT2D eigenvalue weighted by Crippen LogP contribution is 2.21. The van der Waals surface area contributed by atoms with Crippen LogP contribution in [0.4, 0.5) is 18.9 Å². The molecular formula is C18H24F3N3O2. The van der Waals surface area contributed by atoms with E-state index in [0.717, 1.165) is 31.5 Å². The zero-order chi connectivity index (χ0) is 19.3. The second kappa shape index (κ2) is 8.42. The SMILES string of the molecule is Cc1cc(C(=O)N2CCC(C)CC2)ccc1NCC(=O)NCC(F)(F)F. The number of likely N-dealkylation sites (tertiary alicyclic amines) is 1. The fraction of sp³-hybridized carbons (Fsp3) is 0.556. The molecule has 26 heavy (non-hydrogen) atoms. The number of carbonyl (C=O) groups excluding carboxylic acids is 2. The van der Waals surface area contributed by atoms with Crippen LogP contribution < -0.4 is 10.6 Å². The van der Waals surface area contributed by atoms with Gasteiger partial charge in [-0.2, -0.15) is 13.2 Å². The van der Waals surface area contributed by atoms with E-state index in [1.54, 1.807) is 30.4 Å². The maximum atomic E-state index is 12.6. The number of amides is 2. The van der Waals surface area contributed by atoms with Crippen LogP contribution in [0.1, 0.15) is 35.7 Å². The third-order valence-corrected chi connectivity index (χ3v) is 4.47. The number of nitrogens with zero attached hydrogens (tertiary/aromatic N) is 1. The van der Waals surface area contributed by atoms with Crippen LogP contribution >= 0.6 is 0 Å². The lowest BCUT2D eigenvalue weighted by Crippen LogP contribution is -2.38. The fourth-order valence-electron chi connectivity index (χ4n) is 2.83. The van der Waals surface area contributed by atoms with Gasteiger partial charge in [-0.15, -0.1) is 0 Å². The van der Waals surface area contributed by atoms with Crippen LogP contribution in [0, 0.1) is 12.8 Å². The van der Waals surface area contributed by atoms with Crippen LogP contribution in [-0.4, -0.2) is 49.1 Å². The minimum absolute atomic E-state index is 0.0190. The quantitative estimate of drug-likeness (QED) is 0.837. The molecule has 0 saturated carbocycles. The monoisotopic (exact) mass is 371 g/mol. The van der Waals surface area contributed by atoms with E-state index in [-0.39, 0.29) is 12.5 Å². The van der Waals surface area contributed by atoms with Crippen LogP contribution in [0.5, 0.6) is 0 Å². The van der Waals surface area contributed by atoms with E-state index in [2.05, 4.69) is 12.2 Å². The zero-order valence-electron chi connectivity index (χ0n) is 14.9. The summed E-state index contributed by atoms with van der Waals surface area (Å²) < 4.78 is 36.2. The molecular weight excluding hydrogens is 347 g/mol. The number of carbonyl (C=O) groups is 2.